The van der Waals surface area contributed by atoms with Crippen LogP contribution in [0.3, 0.4) is 0 Å². The van der Waals surface area contributed by atoms with Crippen LogP contribution in [0.4, 0.5) is 8.78 Å². The largest absolute Gasteiger partial charge is 0.389 e. The normalized spacial score (nSPS) is 12.5. The van der Waals surface area contributed by atoms with E-state index >= 15 is 0 Å². The maximum Gasteiger partial charge on any atom is 0.133 e. The van der Waals surface area contributed by atoms with Gasteiger partial charge in [-0.3, -0.25) is 0 Å². The van der Waals surface area contributed by atoms with Gasteiger partial charge in [0.1, 0.15) is 17.5 Å². The van der Waals surface area contributed by atoms with Crippen LogP contribution in [0.25, 0.3) is 0 Å². The molecule has 2 rings (SSSR count). The van der Waals surface area contributed by atoms with Crippen molar-refractivity contribution in [2.75, 3.05) is 0 Å². The number of nitrogens with zero attached hydrogens (tertiary/aromatic N) is 2. The summed E-state index contributed by atoms with van der Waals surface area (Å²) in [6.45, 7) is 3.39. The molecule has 3 nitrogen and oxygen atoms in total. The standard InChI is InChI=1S/C14H14F2N2O/c1-8-12(9(2)19)7-17-14(18-8)5-10-3-4-11(15)6-13(10)16/h3-4,6-7,9,19H,5H2,1-2H3. The summed E-state index contributed by atoms with van der Waals surface area (Å²) in [6.07, 6.45) is 1.08. The summed E-state index contributed by atoms with van der Waals surface area (Å²) in [5.74, 6) is -0.781. The highest BCUT2D eigenvalue weighted by molar-refractivity contribution is 5.24. The first-order valence-electron chi connectivity index (χ1n) is 5.92. The molecule has 0 fully saturated rings. The molecule has 0 saturated carbocycles. The first-order chi connectivity index (χ1) is 8.97. The summed E-state index contributed by atoms with van der Waals surface area (Å²) in [7, 11) is 0. The Morgan fingerprint density at radius 3 is 2.63 bits per heavy atom. The Morgan fingerprint density at radius 2 is 2.05 bits per heavy atom. The molecule has 0 radical (unpaired) electrons. The molecule has 0 aliphatic rings. The average molecular weight is 264 g/mol. The molecule has 0 aliphatic carbocycles. The van der Waals surface area contributed by atoms with Crippen LogP contribution in [0, 0.1) is 18.6 Å². The number of aryl methyl sites for hydroxylation is 1. The van der Waals surface area contributed by atoms with E-state index in [1.807, 2.05) is 0 Å². The van der Waals surface area contributed by atoms with E-state index in [1.54, 1.807) is 13.8 Å². The van der Waals surface area contributed by atoms with Crippen molar-refractivity contribution >= 4 is 0 Å². The lowest BCUT2D eigenvalue weighted by atomic mass is 10.1. The first kappa shape index (κ1) is 13.5. The average Bonchev–Trinajstić information content (AvgIpc) is 2.32. The van der Waals surface area contributed by atoms with Gasteiger partial charge in [0.25, 0.3) is 0 Å². The second-order valence-electron chi connectivity index (χ2n) is 4.42. The molecule has 1 aromatic carbocycles. The van der Waals surface area contributed by atoms with Gasteiger partial charge in [-0.25, -0.2) is 18.7 Å². The Bertz CT molecular complexity index is 600. The maximum atomic E-state index is 13.5. The zero-order valence-electron chi connectivity index (χ0n) is 10.7. The third-order valence-corrected chi connectivity index (χ3v) is 2.88. The third-order valence-electron chi connectivity index (χ3n) is 2.88. The Kier molecular flexibility index (Phi) is 3.85. The number of aliphatic hydroxyl groups excluding tert-OH is 1. The minimum Gasteiger partial charge on any atom is -0.389 e. The highest BCUT2D eigenvalue weighted by Crippen LogP contribution is 2.16. The number of hydrogen-bond donors (Lipinski definition) is 1. The van der Waals surface area contributed by atoms with Gasteiger partial charge in [-0.2, -0.15) is 0 Å². The van der Waals surface area contributed by atoms with Crippen LogP contribution < -0.4 is 0 Å². The van der Waals surface area contributed by atoms with Crippen molar-refractivity contribution < 1.29 is 13.9 Å². The molecular weight excluding hydrogens is 250 g/mol. The topological polar surface area (TPSA) is 46.0 Å². The van der Waals surface area contributed by atoms with Gasteiger partial charge in [0.2, 0.25) is 0 Å². The van der Waals surface area contributed by atoms with Gasteiger partial charge in [0.05, 0.1) is 6.10 Å². The second kappa shape index (κ2) is 5.40. The predicted octanol–water partition coefficient (Wildman–Crippen LogP) is 2.71. The van der Waals surface area contributed by atoms with Gasteiger partial charge < -0.3 is 5.11 Å². The Hall–Kier alpha value is -1.88. The molecule has 1 unspecified atom stereocenters. The maximum absolute atomic E-state index is 13.5. The quantitative estimate of drug-likeness (QED) is 0.927. The Morgan fingerprint density at radius 1 is 1.32 bits per heavy atom. The molecule has 0 aliphatic heterocycles. The van der Waals surface area contributed by atoms with Gasteiger partial charge in [-0.15, -0.1) is 0 Å². The SMILES string of the molecule is Cc1nc(Cc2ccc(F)cc2F)ncc1C(C)O. The van der Waals surface area contributed by atoms with E-state index in [0.717, 1.165) is 6.07 Å². The van der Waals surface area contributed by atoms with E-state index in [-0.39, 0.29) is 6.42 Å². The fraction of sp³-hybridized carbons (Fsp3) is 0.286. The van der Waals surface area contributed by atoms with Crippen LogP contribution in [-0.4, -0.2) is 15.1 Å². The van der Waals surface area contributed by atoms with Crippen molar-refractivity contribution in [1.29, 1.82) is 0 Å². The Labute approximate surface area is 110 Å². The fourth-order valence-electron chi connectivity index (χ4n) is 1.86. The molecule has 0 bridgehead atoms. The number of benzene rings is 1. The first-order valence-corrected chi connectivity index (χ1v) is 5.92. The Balaban J connectivity index is 2.26. The van der Waals surface area contributed by atoms with Crippen molar-refractivity contribution in [3.05, 3.63) is 58.7 Å². The summed E-state index contributed by atoms with van der Waals surface area (Å²) in [6, 6.07) is 3.42. The van der Waals surface area contributed by atoms with Crippen LogP contribution in [0.5, 0.6) is 0 Å². The van der Waals surface area contributed by atoms with Crippen LogP contribution in [-0.2, 0) is 6.42 Å². The van der Waals surface area contributed by atoms with Gasteiger partial charge in [0, 0.05) is 29.9 Å². The monoisotopic (exact) mass is 264 g/mol. The molecular formula is C14H14F2N2O. The lowest BCUT2D eigenvalue weighted by Crippen LogP contribution is -2.05. The van der Waals surface area contributed by atoms with Crippen molar-refractivity contribution in [2.45, 2.75) is 26.4 Å². The van der Waals surface area contributed by atoms with Gasteiger partial charge in [0.15, 0.2) is 0 Å². The van der Waals surface area contributed by atoms with Crippen molar-refractivity contribution in [1.82, 2.24) is 9.97 Å². The summed E-state index contributed by atoms with van der Waals surface area (Å²) >= 11 is 0. The zero-order valence-corrected chi connectivity index (χ0v) is 10.7. The molecule has 100 valence electrons. The van der Waals surface area contributed by atoms with E-state index in [4.69, 9.17) is 0 Å². The summed E-state index contributed by atoms with van der Waals surface area (Å²) in [5, 5.41) is 9.48. The zero-order chi connectivity index (χ0) is 14.0. The lowest BCUT2D eigenvalue weighted by molar-refractivity contribution is 0.197. The van der Waals surface area contributed by atoms with Crippen LogP contribution in [0.15, 0.2) is 24.4 Å². The van der Waals surface area contributed by atoms with Crippen LogP contribution >= 0.6 is 0 Å². The fourth-order valence-corrected chi connectivity index (χ4v) is 1.86. The minimum atomic E-state index is -0.642. The lowest BCUT2D eigenvalue weighted by Gasteiger charge is -2.09. The molecule has 1 aromatic heterocycles. The van der Waals surface area contributed by atoms with E-state index in [1.165, 1.54) is 18.3 Å². The summed E-state index contributed by atoms with van der Waals surface area (Å²) in [5.41, 5.74) is 1.64. The molecule has 5 heteroatoms. The van der Waals surface area contributed by atoms with E-state index in [9.17, 15) is 13.9 Å². The molecule has 0 amide bonds. The van der Waals surface area contributed by atoms with Crippen molar-refractivity contribution in [3.63, 3.8) is 0 Å². The number of halogens is 2. The summed E-state index contributed by atoms with van der Waals surface area (Å²) in [4.78, 5) is 8.31. The third kappa shape index (κ3) is 3.12. The predicted molar refractivity (Wildman–Crippen MR) is 66.6 cm³/mol. The van der Waals surface area contributed by atoms with Crippen LogP contribution in [0.1, 0.15) is 35.7 Å². The van der Waals surface area contributed by atoms with Crippen molar-refractivity contribution in [3.8, 4) is 0 Å². The highest BCUT2D eigenvalue weighted by Gasteiger charge is 2.10. The van der Waals surface area contributed by atoms with Gasteiger partial charge in [-0.05, 0) is 25.5 Å². The van der Waals surface area contributed by atoms with Crippen LogP contribution in [0.2, 0.25) is 0 Å². The van der Waals surface area contributed by atoms with Crippen molar-refractivity contribution in [2.24, 2.45) is 0 Å². The number of rotatable bonds is 3. The molecule has 0 saturated heterocycles. The molecule has 1 heterocycles. The highest BCUT2D eigenvalue weighted by atomic mass is 19.1. The number of hydrogen-bond acceptors (Lipinski definition) is 3. The minimum absolute atomic E-state index is 0.188. The molecule has 19 heavy (non-hydrogen) atoms. The van der Waals surface area contributed by atoms with Gasteiger partial charge >= 0.3 is 0 Å². The molecule has 1 atom stereocenters. The van der Waals surface area contributed by atoms with Gasteiger partial charge in [-0.1, -0.05) is 6.07 Å². The van der Waals surface area contributed by atoms with E-state index in [0.29, 0.717) is 22.6 Å². The second-order valence-corrected chi connectivity index (χ2v) is 4.42. The molecule has 0 spiro atoms. The smallest absolute Gasteiger partial charge is 0.133 e. The summed E-state index contributed by atoms with van der Waals surface area (Å²) < 4.78 is 26.3. The molecule has 1 N–H and O–H groups in total. The van der Waals surface area contributed by atoms with E-state index in [2.05, 4.69) is 9.97 Å². The molecule has 2 aromatic rings. The number of aromatic nitrogens is 2. The van der Waals surface area contributed by atoms with E-state index < -0.39 is 17.7 Å². The number of aliphatic hydroxyl groups is 1.